The molecule has 0 N–H and O–H groups in total. The number of pyridine rings is 1. The fraction of sp³-hybridized carbons (Fsp3) is 0.0741. The van der Waals surface area contributed by atoms with E-state index in [-0.39, 0.29) is 17.2 Å². The number of rotatable bonds is 2. The minimum absolute atomic E-state index is 0.138. The summed E-state index contributed by atoms with van der Waals surface area (Å²) in [5.41, 5.74) is 0.804. The second kappa shape index (κ2) is 7.97. The van der Waals surface area contributed by atoms with Gasteiger partial charge in [0, 0.05) is 18.0 Å². The molecule has 0 amide bonds. The molecule has 0 saturated heterocycles. The van der Waals surface area contributed by atoms with Crippen molar-refractivity contribution in [1.29, 1.82) is 0 Å². The Morgan fingerprint density at radius 3 is 2.45 bits per heavy atom. The van der Waals surface area contributed by atoms with Crippen LogP contribution in [0.5, 0.6) is 11.6 Å². The van der Waals surface area contributed by atoms with Crippen molar-refractivity contribution in [1.82, 2.24) is 24.6 Å². The first kappa shape index (κ1) is 22.2. The van der Waals surface area contributed by atoms with E-state index in [1.165, 1.54) is 23.0 Å². The minimum atomic E-state index is -4.51. The third-order valence-electron chi connectivity index (χ3n) is 6.47. The fourth-order valence-corrected chi connectivity index (χ4v) is 4.75. The molecule has 186 valence electrons. The molecule has 11 heteroatoms. The standard InChI is InChI=1S/C27H14F3N5O3/c28-27(29,30)16-7-5-14(6-8-16)19-20-22(17-3-1-2-4-18(17)37-26(20)36)38-25-21(19)24-33-23(34-35(24)13-32-25)15-9-11-31-12-10-15/h1-13,19H. The highest BCUT2D eigenvalue weighted by molar-refractivity contribution is 5.87. The Kier molecular flexibility index (Phi) is 4.65. The Bertz CT molecular complexity index is 1920. The first-order chi connectivity index (χ1) is 18.4. The van der Waals surface area contributed by atoms with Crippen molar-refractivity contribution < 1.29 is 22.3 Å². The molecule has 0 radical (unpaired) electrons. The Hall–Kier alpha value is -5.06. The lowest BCUT2D eigenvalue weighted by Crippen LogP contribution is -2.22. The molecule has 0 fully saturated rings. The number of alkyl halides is 3. The number of halogens is 3. The van der Waals surface area contributed by atoms with Crippen LogP contribution in [0.2, 0.25) is 0 Å². The Morgan fingerprint density at radius 2 is 1.68 bits per heavy atom. The summed E-state index contributed by atoms with van der Waals surface area (Å²) < 4.78 is 53.2. The van der Waals surface area contributed by atoms with Crippen LogP contribution in [0.15, 0.2) is 88.6 Å². The summed E-state index contributed by atoms with van der Waals surface area (Å²) in [4.78, 5) is 26.5. The smallest absolute Gasteiger partial charge is 0.416 e. The molecular formula is C27H14F3N5O3. The van der Waals surface area contributed by atoms with Crippen LogP contribution in [0, 0.1) is 0 Å². The van der Waals surface area contributed by atoms with E-state index < -0.39 is 23.3 Å². The maximum atomic E-state index is 13.4. The van der Waals surface area contributed by atoms with Crippen LogP contribution in [0.1, 0.15) is 28.2 Å². The van der Waals surface area contributed by atoms with Gasteiger partial charge in [-0.05, 0) is 42.0 Å². The van der Waals surface area contributed by atoms with Crippen LogP contribution in [0.4, 0.5) is 13.2 Å². The second-order valence-corrected chi connectivity index (χ2v) is 8.69. The summed E-state index contributed by atoms with van der Waals surface area (Å²) in [6.45, 7) is 0. The van der Waals surface area contributed by atoms with Gasteiger partial charge < -0.3 is 9.15 Å². The molecule has 5 heterocycles. The maximum Gasteiger partial charge on any atom is 0.416 e. The lowest BCUT2D eigenvalue weighted by molar-refractivity contribution is -0.137. The van der Waals surface area contributed by atoms with E-state index in [1.807, 2.05) is 0 Å². The average Bonchev–Trinajstić information content (AvgIpc) is 3.37. The van der Waals surface area contributed by atoms with Crippen LogP contribution in [-0.4, -0.2) is 24.6 Å². The zero-order valence-electron chi connectivity index (χ0n) is 19.2. The predicted molar refractivity (Wildman–Crippen MR) is 129 cm³/mol. The molecule has 38 heavy (non-hydrogen) atoms. The molecule has 1 unspecified atom stereocenters. The second-order valence-electron chi connectivity index (χ2n) is 8.69. The van der Waals surface area contributed by atoms with E-state index >= 15 is 0 Å². The SMILES string of the molecule is O=c1oc2ccccc2c2c1C(c1ccc(C(F)(F)F)cc1)c1c(ncn3nc(-c4ccncc4)nc13)O2. The molecule has 0 saturated carbocycles. The Labute approximate surface area is 211 Å². The van der Waals surface area contributed by atoms with E-state index in [1.54, 1.807) is 48.8 Å². The topological polar surface area (TPSA) is 95.4 Å². The van der Waals surface area contributed by atoms with Gasteiger partial charge in [-0.2, -0.15) is 13.2 Å². The maximum absolute atomic E-state index is 13.4. The van der Waals surface area contributed by atoms with Crippen LogP contribution < -0.4 is 10.4 Å². The summed E-state index contributed by atoms with van der Waals surface area (Å²) >= 11 is 0. The number of para-hydroxylation sites is 1. The number of fused-ring (bicyclic) bond motifs is 6. The van der Waals surface area contributed by atoms with Gasteiger partial charge in [0.15, 0.2) is 17.2 Å². The first-order valence-electron chi connectivity index (χ1n) is 11.4. The molecule has 8 nitrogen and oxygen atoms in total. The number of benzene rings is 2. The molecule has 7 rings (SSSR count). The zero-order valence-corrected chi connectivity index (χ0v) is 19.2. The van der Waals surface area contributed by atoms with E-state index in [0.717, 1.165) is 12.1 Å². The predicted octanol–water partition coefficient (Wildman–Crippen LogP) is 5.60. The highest BCUT2D eigenvalue weighted by Crippen LogP contribution is 2.49. The van der Waals surface area contributed by atoms with Gasteiger partial charge in [-0.3, -0.25) is 4.98 Å². The lowest BCUT2D eigenvalue weighted by atomic mass is 9.84. The highest BCUT2D eigenvalue weighted by atomic mass is 19.4. The summed E-state index contributed by atoms with van der Waals surface area (Å²) in [6, 6.07) is 15.0. The number of ether oxygens (including phenoxy) is 1. The summed E-state index contributed by atoms with van der Waals surface area (Å²) in [5, 5.41) is 5.04. The van der Waals surface area contributed by atoms with Crippen molar-refractivity contribution in [3.05, 3.63) is 112 Å². The van der Waals surface area contributed by atoms with Crippen molar-refractivity contribution in [2.45, 2.75) is 12.1 Å². The average molecular weight is 513 g/mol. The van der Waals surface area contributed by atoms with Crippen molar-refractivity contribution in [2.75, 3.05) is 0 Å². The van der Waals surface area contributed by atoms with Crippen LogP contribution in [0.3, 0.4) is 0 Å². The molecule has 1 aliphatic heterocycles. The third-order valence-corrected chi connectivity index (χ3v) is 6.47. The number of aromatic nitrogens is 5. The van der Waals surface area contributed by atoms with Crippen LogP contribution in [0.25, 0.3) is 28.0 Å². The molecule has 0 bridgehead atoms. The molecule has 6 aromatic rings. The van der Waals surface area contributed by atoms with Gasteiger partial charge in [0.05, 0.1) is 28.0 Å². The van der Waals surface area contributed by atoms with Gasteiger partial charge in [-0.1, -0.05) is 24.3 Å². The molecule has 2 aromatic carbocycles. The molecule has 4 aromatic heterocycles. The van der Waals surface area contributed by atoms with Crippen molar-refractivity contribution in [3.8, 4) is 23.0 Å². The third kappa shape index (κ3) is 3.35. The fourth-order valence-electron chi connectivity index (χ4n) is 4.75. The first-order valence-corrected chi connectivity index (χ1v) is 11.4. The van der Waals surface area contributed by atoms with E-state index in [9.17, 15) is 18.0 Å². The van der Waals surface area contributed by atoms with Gasteiger partial charge in [-0.25, -0.2) is 19.3 Å². The van der Waals surface area contributed by atoms with Crippen LogP contribution in [-0.2, 0) is 6.18 Å². The van der Waals surface area contributed by atoms with Gasteiger partial charge in [0.1, 0.15) is 11.9 Å². The van der Waals surface area contributed by atoms with E-state index in [4.69, 9.17) is 9.15 Å². The summed E-state index contributed by atoms with van der Waals surface area (Å²) in [5.74, 6) is -0.105. The highest BCUT2D eigenvalue weighted by Gasteiger charge is 2.38. The monoisotopic (exact) mass is 513 g/mol. The van der Waals surface area contributed by atoms with E-state index in [0.29, 0.717) is 39.1 Å². The lowest BCUT2D eigenvalue weighted by Gasteiger charge is -2.27. The van der Waals surface area contributed by atoms with Gasteiger partial charge >= 0.3 is 11.8 Å². The summed E-state index contributed by atoms with van der Waals surface area (Å²) in [6.07, 6.45) is 0.139. The quantitative estimate of drug-likeness (QED) is 0.278. The molecule has 0 aliphatic carbocycles. The van der Waals surface area contributed by atoms with Crippen molar-refractivity contribution >= 4 is 16.6 Å². The zero-order chi connectivity index (χ0) is 26.0. The van der Waals surface area contributed by atoms with Gasteiger partial charge in [0.25, 0.3) is 0 Å². The Morgan fingerprint density at radius 1 is 0.921 bits per heavy atom. The largest absolute Gasteiger partial charge is 0.437 e. The molecular weight excluding hydrogens is 499 g/mol. The van der Waals surface area contributed by atoms with Crippen LogP contribution >= 0.6 is 0 Å². The molecule has 1 atom stereocenters. The molecule has 1 aliphatic rings. The minimum Gasteiger partial charge on any atom is -0.437 e. The normalized spacial score (nSPS) is 14.8. The number of hydrogen-bond donors (Lipinski definition) is 0. The Balaban J connectivity index is 1.52. The van der Waals surface area contributed by atoms with Gasteiger partial charge in [-0.15, -0.1) is 5.10 Å². The van der Waals surface area contributed by atoms with Gasteiger partial charge in [0.2, 0.25) is 5.88 Å². The summed E-state index contributed by atoms with van der Waals surface area (Å²) in [7, 11) is 0. The number of nitrogens with zero attached hydrogens (tertiary/aromatic N) is 5. The van der Waals surface area contributed by atoms with Crippen molar-refractivity contribution in [2.24, 2.45) is 0 Å². The van der Waals surface area contributed by atoms with Crippen molar-refractivity contribution in [3.63, 3.8) is 0 Å². The molecule has 0 spiro atoms. The number of hydrogen-bond acceptors (Lipinski definition) is 7. The van der Waals surface area contributed by atoms with E-state index in [2.05, 4.69) is 20.1 Å².